The summed E-state index contributed by atoms with van der Waals surface area (Å²) in [6.45, 7) is 2.48. The Bertz CT molecular complexity index is 373. The van der Waals surface area contributed by atoms with Crippen LogP contribution in [0.3, 0.4) is 0 Å². The number of hydrogen-bond donors (Lipinski definition) is 2. The number of hydrogen-bond acceptors (Lipinski definition) is 3. The highest BCUT2D eigenvalue weighted by molar-refractivity contribution is 5.91. The van der Waals surface area contributed by atoms with Crippen molar-refractivity contribution in [2.45, 2.75) is 32.2 Å². The molecule has 3 N–H and O–H groups in total. The third-order valence-corrected chi connectivity index (χ3v) is 3.21. The van der Waals surface area contributed by atoms with Gasteiger partial charge in [0.1, 0.15) is 5.76 Å². The third kappa shape index (κ3) is 2.44. The lowest BCUT2D eigenvalue weighted by Gasteiger charge is -2.15. The molecule has 4 nitrogen and oxygen atoms in total. The van der Waals surface area contributed by atoms with E-state index in [1.165, 1.54) is 6.42 Å². The van der Waals surface area contributed by atoms with Crippen molar-refractivity contribution in [1.82, 2.24) is 5.32 Å². The van der Waals surface area contributed by atoms with Crippen molar-refractivity contribution < 1.29 is 9.21 Å². The zero-order chi connectivity index (χ0) is 11.5. The van der Waals surface area contributed by atoms with Crippen LogP contribution in [0.5, 0.6) is 0 Å². The van der Waals surface area contributed by atoms with E-state index in [4.69, 9.17) is 10.2 Å². The van der Waals surface area contributed by atoms with Gasteiger partial charge in [0.05, 0.1) is 0 Å². The minimum Gasteiger partial charge on any atom is -0.456 e. The zero-order valence-electron chi connectivity index (χ0n) is 9.53. The highest BCUT2D eigenvalue weighted by atomic mass is 16.3. The van der Waals surface area contributed by atoms with Crippen molar-refractivity contribution in [1.29, 1.82) is 0 Å². The SMILES string of the molecule is Cc1ccc(C(=O)NCC2CCCC2N)o1. The molecule has 1 saturated carbocycles. The molecule has 0 aliphatic heterocycles. The number of carbonyl (C=O) groups excluding carboxylic acids is 1. The van der Waals surface area contributed by atoms with Crippen LogP contribution in [0.4, 0.5) is 0 Å². The van der Waals surface area contributed by atoms with Gasteiger partial charge in [0.25, 0.3) is 5.91 Å². The van der Waals surface area contributed by atoms with Crippen LogP contribution >= 0.6 is 0 Å². The van der Waals surface area contributed by atoms with Crippen molar-refractivity contribution in [3.05, 3.63) is 23.7 Å². The van der Waals surface area contributed by atoms with E-state index >= 15 is 0 Å². The minimum atomic E-state index is -0.146. The molecule has 16 heavy (non-hydrogen) atoms. The summed E-state index contributed by atoms with van der Waals surface area (Å²) in [4.78, 5) is 11.7. The van der Waals surface area contributed by atoms with Crippen LogP contribution in [0, 0.1) is 12.8 Å². The molecule has 88 valence electrons. The van der Waals surface area contributed by atoms with Crippen molar-refractivity contribution in [2.24, 2.45) is 11.7 Å². The van der Waals surface area contributed by atoms with E-state index in [1.807, 2.05) is 6.92 Å². The quantitative estimate of drug-likeness (QED) is 0.813. The molecule has 1 fully saturated rings. The van der Waals surface area contributed by atoms with Gasteiger partial charge in [-0.05, 0) is 37.8 Å². The lowest BCUT2D eigenvalue weighted by Crippen LogP contribution is -2.35. The summed E-state index contributed by atoms with van der Waals surface area (Å²) in [5, 5.41) is 2.87. The predicted octanol–water partition coefficient (Wildman–Crippen LogP) is 1.45. The predicted molar refractivity (Wildman–Crippen MR) is 61.1 cm³/mol. The Balaban J connectivity index is 1.84. The molecule has 1 aromatic heterocycles. The molecule has 0 spiro atoms. The normalized spacial score (nSPS) is 24.6. The topological polar surface area (TPSA) is 68.3 Å². The largest absolute Gasteiger partial charge is 0.456 e. The molecular formula is C12H18N2O2. The number of furan rings is 1. The van der Waals surface area contributed by atoms with Crippen molar-refractivity contribution in [3.63, 3.8) is 0 Å². The Morgan fingerprint density at radius 3 is 2.94 bits per heavy atom. The fourth-order valence-electron chi connectivity index (χ4n) is 2.19. The number of rotatable bonds is 3. The highest BCUT2D eigenvalue weighted by Gasteiger charge is 2.24. The Morgan fingerprint density at radius 1 is 1.56 bits per heavy atom. The Morgan fingerprint density at radius 2 is 2.38 bits per heavy atom. The van der Waals surface area contributed by atoms with E-state index in [2.05, 4.69) is 5.32 Å². The maximum Gasteiger partial charge on any atom is 0.287 e. The fraction of sp³-hybridized carbons (Fsp3) is 0.583. The van der Waals surface area contributed by atoms with Crippen molar-refractivity contribution in [3.8, 4) is 0 Å². The van der Waals surface area contributed by atoms with E-state index in [9.17, 15) is 4.79 Å². The van der Waals surface area contributed by atoms with E-state index < -0.39 is 0 Å². The molecule has 2 unspecified atom stereocenters. The number of aryl methyl sites for hydroxylation is 1. The van der Waals surface area contributed by atoms with Gasteiger partial charge >= 0.3 is 0 Å². The molecule has 0 radical (unpaired) electrons. The van der Waals surface area contributed by atoms with Gasteiger partial charge in [-0.2, -0.15) is 0 Å². The van der Waals surface area contributed by atoms with Gasteiger partial charge in [-0.3, -0.25) is 4.79 Å². The smallest absolute Gasteiger partial charge is 0.287 e. The Kier molecular flexibility index (Phi) is 3.29. The van der Waals surface area contributed by atoms with Gasteiger partial charge < -0.3 is 15.5 Å². The monoisotopic (exact) mass is 222 g/mol. The summed E-state index contributed by atoms with van der Waals surface area (Å²) in [7, 11) is 0. The highest BCUT2D eigenvalue weighted by Crippen LogP contribution is 2.23. The van der Waals surface area contributed by atoms with Gasteiger partial charge in [0.15, 0.2) is 5.76 Å². The van der Waals surface area contributed by atoms with Gasteiger partial charge in [-0.1, -0.05) is 6.42 Å². The summed E-state index contributed by atoms with van der Waals surface area (Å²) in [5.41, 5.74) is 5.93. The van der Waals surface area contributed by atoms with Crippen LogP contribution in [0.25, 0.3) is 0 Å². The molecule has 1 heterocycles. The number of nitrogens with one attached hydrogen (secondary N) is 1. The molecule has 0 aromatic carbocycles. The number of amides is 1. The first-order valence-electron chi connectivity index (χ1n) is 5.77. The fourth-order valence-corrected chi connectivity index (χ4v) is 2.19. The molecule has 1 aliphatic rings. The molecular weight excluding hydrogens is 204 g/mol. The van der Waals surface area contributed by atoms with Gasteiger partial charge in [-0.15, -0.1) is 0 Å². The summed E-state index contributed by atoms with van der Waals surface area (Å²) >= 11 is 0. The van der Waals surface area contributed by atoms with E-state index in [-0.39, 0.29) is 11.9 Å². The second-order valence-electron chi connectivity index (χ2n) is 4.48. The van der Waals surface area contributed by atoms with Crippen molar-refractivity contribution in [2.75, 3.05) is 6.54 Å². The first kappa shape index (κ1) is 11.2. The molecule has 1 amide bonds. The average molecular weight is 222 g/mol. The lowest BCUT2D eigenvalue weighted by atomic mass is 10.0. The van der Waals surface area contributed by atoms with Gasteiger partial charge in [-0.25, -0.2) is 0 Å². The van der Waals surface area contributed by atoms with E-state index in [1.54, 1.807) is 12.1 Å². The Hall–Kier alpha value is -1.29. The van der Waals surface area contributed by atoms with Crippen LogP contribution < -0.4 is 11.1 Å². The lowest BCUT2D eigenvalue weighted by molar-refractivity contribution is 0.0917. The molecule has 2 atom stereocenters. The number of carbonyl (C=O) groups is 1. The molecule has 4 heteroatoms. The van der Waals surface area contributed by atoms with Gasteiger partial charge in [0, 0.05) is 12.6 Å². The summed E-state index contributed by atoms with van der Waals surface area (Å²) in [5.74, 6) is 1.40. The van der Waals surface area contributed by atoms with Crippen LogP contribution in [0.15, 0.2) is 16.5 Å². The van der Waals surface area contributed by atoms with Gasteiger partial charge in [0.2, 0.25) is 0 Å². The summed E-state index contributed by atoms with van der Waals surface area (Å²) in [6.07, 6.45) is 3.35. The second-order valence-corrected chi connectivity index (χ2v) is 4.48. The first-order chi connectivity index (χ1) is 7.66. The third-order valence-electron chi connectivity index (χ3n) is 3.21. The van der Waals surface area contributed by atoms with E-state index in [0.717, 1.165) is 18.6 Å². The molecule has 0 saturated heterocycles. The number of nitrogens with two attached hydrogens (primary N) is 1. The maximum absolute atomic E-state index is 11.7. The summed E-state index contributed by atoms with van der Waals surface area (Å²) < 4.78 is 5.24. The second kappa shape index (κ2) is 4.70. The van der Waals surface area contributed by atoms with Crippen LogP contribution in [-0.4, -0.2) is 18.5 Å². The zero-order valence-corrected chi connectivity index (χ0v) is 9.53. The minimum absolute atomic E-state index is 0.146. The molecule has 2 rings (SSSR count). The van der Waals surface area contributed by atoms with Crippen LogP contribution in [0.1, 0.15) is 35.6 Å². The molecule has 1 aliphatic carbocycles. The molecule has 0 bridgehead atoms. The van der Waals surface area contributed by atoms with Crippen LogP contribution in [-0.2, 0) is 0 Å². The summed E-state index contributed by atoms with van der Waals surface area (Å²) in [6, 6.07) is 3.72. The maximum atomic E-state index is 11.7. The van der Waals surface area contributed by atoms with Crippen LogP contribution in [0.2, 0.25) is 0 Å². The molecule has 1 aromatic rings. The average Bonchev–Trinajstić information content (AvgIpc) is 2.84. The standard InChI is InChI=1S/C12H18N2O2/c1-8-5-6-11(16-8)12(15)14-7-9-3-2-4-10(9)13/h5-6,9-10H,2-4,7,13H2,1H3,(H,14,15). The van der Waals surface area contributed by atoms with Crippen molar-refractivity contribution >= 4 is 5.91 Å². The first-order valence-corrected chi connectivity index (χ1v) is 5.77. The Labute approximate surface area is 95.2 Å². The van der Waals surface area contributed by atoms with E-state index in [0.29, 0.717) is 18.2 Å².